The number of amides is 1. The van der Waals surface area contributed by atoms with E-state index in [1.165, 1.54) is 6.42 Å². The number of carbonyl (C=O) groups excluding carboxylic acids is 1. The van der Waals surface area contributed by atoms with Crippen molar-refractivity contribution in [2.45, 2.75) is 51.3 Å². The minimum absolute atomic E-state index is 0.0493. The Bertz CT molecular complexity index is 496. The molecular weight excluding hydrogens is 258 g/mol. The molecule has 3 rings (SSSR count). The van der Waals surface area contributed by atoms with Crippen molar-refractivity contribution in [1.29, 1.82) is 0 Å². The van der Waals surface area contributed by atoms with Gasteiger partial charge in [-0.1, -0.05) is 11.6 Å². The minimum atomic E-state index is -0.0756. The second kappa shape index (κ2) is 5.18. The van der Waals surface area contributed by atoms with E-state index in [1.54, 1.807) is 6.07 Å². The highest BCUT2D eigenvalue weighted by Crippen LogP contribution is 2.54. The van der Waals surface area contributed by atoms with Crippen LogP contribution in [0, 0.1) is 12.3 Å². The number of nitrogens with two attached hydrogens (primary N) is 1. The molecular formula is C14H21N3O3. The molecule has 2 saturated carbocycles. The molecule has 0 aliphatic heterocycles. The molecule has 2 fully saturated rings. The van der Waals surface area contributed by atoms with Crippen molar-refractivity contribution in [2.24, 2.45) is 11.1 Å². The van der Waals surface area contributed by atoms with Gasteiger partial charge in [0.15, 0.2) is 0 Å². The lowest BCUT2D eigenvalue weighted by atomic mass is 9.50. The molecule has 2 atom stereocenters. The van der Waals surface area contributed by atoms with Crippen molar-refractivity contribution in [3.63, 3.8) is 0 Å². The van der Waals surface area contributed by atoms with Crippen LogP contribution in [-0.4, -0.2) is 29.8 Å². The van der Waals surface area contributed by atoms with Crippen LogP contribution in [0.25, 0.3) is 0 Å². The van der Waals surface area contributed by atoms with Crippen molar-refractivity contribution in [3.05, 3.63) is 17.5 Å². The smallest absolute Gasteiger partial charge is 0.246 e. The Morgan fingerprint density at radius 2 is 2.45 bits per heavy atom. The van der Waals surface area contributed by atoms with Crippen LogP contribution in [0.3, 0.4) is 0 Å². The molecule has 1 amide bonds. The molecule has 20 heavy (non-hydrogen) atoms. The van der Waals surface area contributed by atoms with Gasteiger partial charge < -0.3 is 20.3 Å². The number of ether oxygens (including phenoxy) is 1. The number of carbonyl (C=O) groups is 1. The molecule has 1 spiro atoms. The molecule has 1 aromatic heterocycles. The zero-order valence-electron chi connectivity index (χ0n) is 11.7. The maximum Gasteiger partial charge on any atom is 0.246 e. The van der Waals surface area contributed by atoms with Crippen molar-refractivity contribution >= 4 is 5.91 Å². The average molecular weight is 279 g/mol. The van der Waals surface area contributed by atoms with Crippen molar-refractivity contribution in [1.82, 2.24) is 10.5 Å². The fraction of sp³-hybridized carbons (Fsp3) is 0.714. The topological polar surface area (TPSA) is 90.4 Å². The molecule has 110 valence electrons. The van der Waals surface area contributed by atoms with E-state index in [9.17, 15) is 4.79 Å². The van der Waals surface area contributed by atoms with Gasteiger partial charge in [0.25, 0.3) is 0 Å². The monoisotopic (exact) mass is 279 g/mol. The molecule has 1 heterocycles. The van der Waals surface area contributed by atoms with E-state index in [2.05, 4.69) is 10.5 Å². The third-order valence-corrected chi connectivity index (χ3v) is 4.70. The quantitative estimate of drug-likeness (QED) is 0.835. The zero-order chi connectivity index (χ0) is 14.2. The first-order chi connectivity index (χ1) is 9.60. The van der Waals surface area contributed by atoms with Crippen LogP contribution >= 0.6 is 0 Å². The highest BCUT2D eigenvalue weighted by molar-refractivity contribution is 5.77. The second-order valence-corrected chi connectivity index (χ2v) is 5.97. The van der Waals surface area contributed by atoms with E-state index in [1.807, 2.05) is 6.92 Å². The van der Waals surface area contributed by atoms with E-state index >= 15 is 0 Å². The Balaban J connectivity index is 1.40. The van der Waals surface area contributed by atoms with Crippen LogP contribution in [0.5, 0.6) is 0 Å². The van der Waals surface area contributed by atoms with Gasteiger partial charge in [-0.3, -0.25) is 4.79 Å². The summed E-state index contributed by atoms with van der Waals surface area (Å²) in [6, 6.07) is 2.28. The lowest BCUT2D eigenvalue weighted by Crippen LogP contribution is -2.70. The van der Waals surface area contributed by atoms with Gasteiger partial charge in [-0.2, -0.15) is 0 Å². The van der Waals surface area contributed by atoms with E-state index < -0.39 is 0 Å². The Morgan fingerprint density at radius 3 is 3.00 bits per heavy atom. The summed E-state index contributed by atoms with van der Waals surface area (Å²) >= 11 is 0. The van der Waals surface area contributed by atoms with Crippen molar-refractivity contribution in [3.8, 4) is 0 Å². The highest BCUT2D eigenvalue weighted by atomic mass is 16.5. The predicted molar refractivity (Wildman–Crippen MR) is 71.7 cm³/mol. The molecule has 1 aromatic rings. The Morgan fingerprint density at radius 1 is 1.65 bits per heavy atom. The molecule has 0 saturated heterocycles. The predicted octanol–water partition coefficient (Wildman–Crippen LogP) is 0.886. The molecule has 0 aromatic carbocycles. The molecule has 6 heteroatoms. The molecule has 2 aliphatic carbocycles. The van der Waals surface area contributed by atoms with E-state index in [4.69, 9.17) is 15.0 Å². The third kappa shape index (κ3) is 2.33. The molecule has 2 unspecified atom stereocenters. The molecule has 3 N–H and O–H groups in total. The van der Waals surface area contributed by atoms with Crippen molar-refractivity contribution < 1.29 is 14.1 Å². The maximum absolute atomic E-state index is 11.9. The van der Waals surface area contributed by atoms with Crippen LogP contribution in [0.2, 0.25) is 0 Å². The van der Waals surface area contributed by atoms with Gasteiger partial charge in [0.2, 0.25) is 5.91 Å². The van der Waals surface area contributed by atoms with E-state index in [0.717, 1.165) is 25.0 Å². The molecule has 0 bridgehead atoms. The van der Waals surface area contributed by atoms with Gasteiger partial charge >= 0.3 is 0 Å². The van der Waals surface area contributed by atoms with Crippen LogP contribution in [0.1, 0.15) is 37.1 Å². The summed E-state index contributed by atoms with van der Waals surface area (Å²) in [5.74, 6) is 0.664. The summed E-state index contributed by atoms with van der Waals surface area (Å²) in [6.07, 6.45) is 4.38. The molecule has 2 aliphatic rings. The Labute approximate surface area is 118 Å². The first kappa shape index (κ1) is 13.6. The first-order valence-electron chi connectivity index (χ1n) is 7.15. The van der Waals surface area contributed by atoms with Gasteiger partial charge in [-0.15, -0.1) is 0 Å². The van der Waals surface area contributed by atoms with Crippen molar-refractivity contribution in [2.75, 3.05) is 6.61 Å². The average Bonchev–Trinajstić information content (AvgIpc) is 2.72. The first-order valence-corrected chi connectivity index (χ1v) is 7.15. The van der Waals surface area contributed by atoms with Crippen LogP contribution < -0.4 is 11.1 Å². The SMILES string of the molecule is Cc1cc(COCC(=O)NC2CC(N)C23CCC3)no1. The number of aryl methyl sites for hydroxylation is 1. The largest absolute Gasteiger partial charge is 0.365 e. The normalized spacial score (nSPS) is 26.9. The van der Waals surface area contributed by atoms with E-state index in [-0.39, 0.29) is 30.0 Å². The standard InChI is InChI=1S/C14H21N3O3/c1-9-5-10(17-20-9)7-19-8-13(18)16-12-6-11(15)14(12)3-2-4-14/h5,11-12H,2-4,6-8,15H2,1H3,(H,16,18). The van der Waals surface area contributed by atoms with Crippen LogP contribution in [-0.2, 0) is 16.1 Å². The second-order valence-electron chi connectivity index (χ2n) is 5.97. The van der Waals surface area contributed by atoms with Gasteiger partial charge in [0.1, 0.15) is 18.1 Å². The lowest BCUT2D eigenvalue weighted by molar-refractivity contribution is -0.132. The van der Waals surface area contributed by atoms with Crippen LogP contribution in [0.15, 0.2) is 10.6 Å². The number of hydrogen-bond acceptors (Lipinski definition) is 5. The van der Waals surface area contributed by atoms with Gasteiger partial charge in [0.05, 0.1) is 6.61 Å². The zero-order valence-corrected chi connectivity index (χ0v) is 11.7. The lowest BCUT2D eigenvalue weighted by Gasteiger charge is -2.60. The summed E-state index contributed by atoms with van der Waals surface area (Å²) in [6.45, 7) is 2.16. The summed E-state index contributed by atoms with van der Waals surface area (Å²) in [5.41, 5.74) is 6.95. The highest BCUT2D eigenvalue weighted by Gasteiger charge is 2.56. The summed E-state index contributed by atoms with van der Waals surface area (Å²) in [5, 5.41) is 6.85. The number of nitrogens with one attached hydrogen (secondary N) is 1. The van der Waals surface area contributed by atoms with Gasteiger partial charge in [0, 0.05) is 23.6 Å². The molecule has 6 nitrogen and oxygen atoms in total. The summed E-state index contributed by atoms with van der Waals surface area (Å²) in [7, 11) is 0. The molecule has 0 radical (unpaired) electrons. The number of nitrogens with zero attached hydrogens (tertiary/aromatic N) is 1. The Hall–Kier alpha value is -1.40. The maximum atomic E-state index is 11.9. The van der Waals surface area contributed by atoms with Crippen LogP contribution in [0.4, 0.5) is 0 Å². The number of aromatic nitrogens is 1. The van der Waals surface area contributed by atoms with Gasteiger partial charge in [-0.25, -0.2) is 0 Å². The number of rotatable bonds is 5. The third-order valence-electron chi connectivity index (χ3n) is 4.70. The Kier molecular flexibility index (Phi) is 3.52. The van der Waals surface area contributed by atoms with Gasteiger partial charge in [-0.05, 0) is 26.2 Å². The fourth-order valence-electron chi connectivity index (χ4n) is 3.30. The fourth-order valence-corrected chi connectivity index (χ4v) is 3.30. The number of hydrogen-bond donors (Lipinski definition) is 2. The van der Waals surface area contributed by atoms with E-state index in [0.29, 0.717) is 12.3 Å². The summed E-state index contributed by atoms with van der Waals surface area (Å²) in [4.78, 5) is 11.9. The summed E-state index contributed by atoms with van der Waals surface area (Å²) < 4.78 is 10.3. The minimum Gasteiger partial charge on any atom is -0.365 e.